The van der Waals surface area contributed by atoms with Crippen molar-refractivity contribution in [3.05, 3.63) is 0 Å². The van der Waals surface area contributed by atoms with E-state index in [0.717, 1.165) is 6.61 Å². The molecule has 1 aliphatic rings. The van der Waals surface area contributed by atoms with Gasteiger partial charge in [0.2, 0.25) is 0 Å². The van der Waals surface area contributed by atoms with Gasteiger partial charge in [-0.3, -0.25) is 0 Å². The summed E-state index contributed by atoms with van der Waals surface area (Å²) in [4.78, 5) is 0. The Labute approximate surface area is 57.6 Å². The van der Waals surface area contributed by atoms with Crippen LogP contribution < -0.4 is 5.32 Å². The average molecular weight is 131 g/mol. The molecule has 2 heteroatoms. The summed E-state index contributed by atoms with van der Waals surface area (Å²) in [5.41, 5.74) is 0. The summed E-state index contributed by atoms with van der Waals surface area (Å²) in [6.07, 6.45) is 2.60. The second-order valence-electron chi connectivity index (χ2n) is 2.25. The fraction of sp³-hybridized carbons (Fsp3) is 1.00. The van der Waals surface area contributed by atoms with Crippen LogP contribution in [0.3, 0.4) is 0 Å². The number of nitrogens with one attached hydrogen (secondary N) is 1. The predicted octanol–water partition coefficient (Wildman–Crippen LogP) is 1.02. The lowest BCUT2D eigenvalue weighted by molar-refractivity contribution is 0.173. The molecule has 0 aromatic carbocycles. The van der Waals surface area contributed by atoms with E-state index in [2.05, 4.69) is 5.32 Å². The molecule has 1 fully saturated rings. The number of ether oxygens (including phenoxy) is 1. The van der Waals surface area contributed by atoms with Gasteiger partial charge >= 0.3 is 0 Å². The van der Waals surface area contributed by atoms with Gasteiger partial charge in [0.05, 0.1) is 6.61 Å². The minimum Gasteiger partial charge on any atom is -0.383 e. The van der Waals surface area contributed by atoms with Gasteiger partial charge in [-0.2, -0.15) is 0 Å². The highest BCUT2D eigenvalue weighted by molar-refractivity contribution is 4.72. The van der Waals surface area contributed by atoms with Crippen molar-refractivity contribution in [2.45, 2.75) is 26.3 Å². The summed E-state index contributed by atoms with van der Waals surface area (Å²) in [6.45, 7) is 2.05. The molecule has 0 saturated carbocycles. The fourth-order valence-corrected chi connectivity index (χ4v) is 1.10. The van der Waals surface area contributed by atoms with E-state index in [1.807, 2.05) is 0 Å². The zero-order chi connectivity index (χ0) is 5.82. The Kier molecular flexibility index (Phi) is 4.72. The van der Waals surface area contributed by atoms with Crippen molar-refractivity contribution >= 4 is 0 Å². The standard InChI is InChI=1S/C6H13NO.CH4/c1-8-5-6-3-2-4-7-6;/h6-7H,2-5H2,1H3;1H4/t6-;/m0./s1. The van der Waals surface area contributed by atoms with Crippen LogP contribution in [0.4, 0.5) is 0 Å². The van der Waals surface area contributed by atoms with Crippen LogP contribution in [-0.2, 0) is 4.74 Å². The molecule has 0 aliphatic carbocycles. The molecule has 9 heavy (non-hydrogen) atoms. The number of methoxy groups -OCH3 is 1. The Morgan fingerprint density at radius 3 is 2.89 bits per heavy atom. The molecule has 1 heterocycles. The maximum absolute atomic E-state index is 4.96. The molecule has 0 spiro atoms. The van der Waals surface area contributed by atoms with Crippen LogP contribution >= 0.6 is 0 Å². The van der Waals surface area contributed by atoms with Crippen LogP contribution in [0.1, 0.15) is 20.3 Å². The lowest BCUT2D eigenvalue weighted by Crippen LogP contribution is -2.25. The molecule has 0 aromatic heterocycles. The summed E-state index contributed by atoms with van der Waals surface area (Å²) >= 11 is 0. The molecule has 0 radical (unpaired) electrons. The molecule has 0 aromatic rings. The molecule has 0 amide bonds. The Morgan fingerprint density at radius 1 is 1.67 bits per heavy atom. The van der Waals surface area contributed by atoms with Crippen molar-refractivity contribution in [1.29, 1.82) is 0 Å². The first-order valence-electron chi connectivity index (χ1n) is 3.16. The van der Waals surface area contributed by atoms with Crippen molar-refractivity contribution in [3.8, 4) is 0 Å². The van der Waals surface area contributed by atoms with E-state index in [-0.39, 0.29) is 7.43 Å². The van der Waals surface area contributed by atoms with Gasteiger partial charge in [-0.25, -0.2) is 0 Å². The fourth-order valence-electron chi connectivity index (χ4n) is 1.10. The first-order valence-corrected chi connectivity index (χ1v) is 3.16. The summed E-state index contributed by atoms with van der Waals surface area (Å²) in [6, 6.07) is 0.639. The van der Waals surface area contributed by atoms with E-state index in [4.69, 9.17) is 4.74 Å². The Bertz CT molecular complexity index is 59.9. The lowest BCUT2D eigenvalue weighted by Gasteiger charge is -2.05. The van der Waals surface area contributed by atoms with Crippen LogP contribution in [0.15, 0.2) is 0 Å². The van der Waals surface area contributed by atoms with Gasteiger partial charge in [0, 0.05) is 13.2 Å². The molecule has 1 aliphatic heterocycles. The molecular weight excluding hydrogens is 114 g/mol. The Morgan fingerprint density at radius 2 is 2.44 bits per heavy atom. The van der Waals surface area contributed by atoms with Gasteiger partial charge in [-0.05, 0) is 19.4 Å². The van der Waals surface area contributed by atoms with Crippen LogP contribution in [0.5, 0.6) is 0 Å². The third kappa shape index (κ3) is 2.82. The predicted molar refractivity (Wildman–Crippen MR) is 39.6 cm³/mol. The van der Waals surface area contributed by atoms with Crippen molar-refractivity contribution < 1.29 is 4.74 Å². The second-order valence-corrected chi connectivity index (χ2v) is 2.25. The molecule has 1 N–H and O–H groups in total. The third-order valence-electron chi connectivity index (χ3n) is 1.53. The van der Waals surface area contributed by atoms with Gasteiger partial charge in [0.15, 0.2) is 0 Å². The van der Waals surface area contributed by atoms with Gasteiger partial charge in [-0.1, -0.05) is 7.43 Å². The maximum Gasteiger partial charge on any atom is 0.0615 e. The molecule has 1 atom stereocenters. The Hall–Kier alpha value is -0.0800. The van der Waals surface area contributed by atoms with Crippen LogP contribution in [0.2, 0.25) is 0 Å². The van der Waals surface area contributed by atoms with Crippen molar-refractivity contribution in [2.75, 3.05) is 20.3 Å². The first kappa shape index (κ1) is 8.92. The van der Waals surface area contributed by atoms with Crippen molar-refractivity contribution in [2.24, 2.45) is 0 Å². The highest BCUT2D eigenvalue weighted by Crippen LogP contribution is 2.03. The van der Waals surface area contributed by atoms with Crippen LogP contribution in [0, 0.1) is 0 Å². The smallest absolute Gasteiger partial charge is 0.0615 e. The van der Waals surface area contributed by atoms with E-state index < -0.39 is 0 Å². The summed E-state index contributed by atoms with van der Waals surface area (Å²) in [7, 11) is 1.75. The highest BCUT2D eigenvalue weighted by Gasteiger charge is 2.11. The number of hydrogen-bond acceptors (Lipinski definition) is 2. The van der Waals surface area contributed by atoms with E-state index in [0.29, 0.717) is 6.04 Å². The average Bonchev–Trinajstić information content (AvgIpc) is 2.19. The molecular formula is C7H17NO. The van der Waals surface area contributed by atoms with Crippen molar-refractivity contribution in [1.82, 2.24) is 5.32 Å². The van der Waals surface area contributed by atoms with Gasteiger partial charge in [0.1, 0.15) is 0 Å². The number of hydrogen-bond donors (Lipinski definition) is 1. The van der Waals surface area contributed by atoms with Gasteiger partial charge in [-0.15, -0.1) is 0 Å². The summed E-state index contributed by atoms with van der Waals surface area (Å²) < 4.78 is 4.96. The zero-order valence-corrected chi connectivity index (χ0v) is 5.31. The minimum atomic E-state index is 0. The first-order chi connectivity index (χ1) is 3.93. The number of rotatable bonds is 2. The van der Waals surface area contributed by atoms with E-state index >= 15 is 0 Å². The zero-order valence-electron chi connectivity index (χ0n) is 5.31. The topological polar surface area (TPSA) is 21.3 Å². The summed E-state index contributed by atoms with van der Waals surface area (Å²) in [5, 5.41) is 3.33. The highest BCUT2D eigenvalue weighted by atomic mass is 16.5. The van der Waals surface area contributed by atoms with Gasteiger partial charge < -0.3 is 10.1 Å². The third-order valence-corrected chi connectivity index (χ3v) is 1.53. The molecule has 1 rings (SSSR count). The SMILES string of the molecule is C.COC[C@@H]1CCCN1. The molecule has 56 valence electrons. The van der Waals surface area contributed by atoms with Gasteiger partial charge in [0.25, 0.3) is 0 Å². The molecule has 2 nitrogen and oxygen atoms in total. The summed E-state index contributed by atoms with van der Waals surface area (Å²) in [5.74, 6) is 0. The van der Waals surface area contributed by atoms with E-state index in [1.165, 1.54) is 19.4 Å². The van der Waals surface area contributed by atoms with Crippen LogP contribution in [0.25, 0.3) is 0 Å². The Balaban J connectivity index is 0.000000640. The van der Waals surface area contributed by atoms with Crippen LogP contribution in [-0.4, -0.2) is 26.3 Å². The van der Waals surface area contributed by atoms with Crippen molar-refractivity contribution in [3.63, 3.8) is 0 Å². The molecule has 0 unspecified atom stereocenters. The van der Waals surface area contributed by atoms with E-state index in [9.17, 15) is 0 Å². The van der Waals surface area contributed by atoms with E-state index in [1.54, 1.807) is 7.11 Å². The molecule has 1 saturated heterocycles. The monoisotopic (exact) mass is 131 g/mol. The normalized spacial score (nSPS) is 25.7. The molecule has 0 bridgehead atoms. The minimum absolute atomic E-state index is 0. The largest absolute Gasteiger partial charge is 0.383 e. The maximum atomic E-state index is 4.96. The quantitative estimate of drug-likeness (QED) is 0.604. The lowest BCUT2D eigenvalue weighted by atomic mass is 10.2. The second kappa shape index (κ2) is 4.77.